The van der Waals surface area contributed by atoms with Crippen molar-refractivity contribution in [1.29, 1.82) is 0 Å². The number of rotatable bonds is 4. The van der Waals surface area contributed by atoms with E-state index < -0.39 is 0 Å². The maximum atomic E-state index is 12.7. The van der Waals surface area contributed by atoms with Gasteiger partial charge in [0.05, 0.1) is 6.54 Å². The van der Waals surface area contributed by atoms with E-state index in [1.807, 2.05) is 30.3 Å². The number of carbonyl (C=O) groups is 2. The van der Waals surface area contributed by atoms with Gasteiger partial charge in [-0.2, -0.15) is 0 Å². The number of amides is 2. The van der Waals surface area contributed by atoms with Crippen molar-refractivity contribution in [3.63, 3.8) is 0 Å². The number of benzene rings is 2. The molecule has 27 heavy (non-hydrogen) atoms. The standard InChI is InChI=1S/C21H19N3O3/c1-13-9-19(23-27-13)22-20(25)12-24(2)21(26)15-7-8-18-16(11-15)10-14-5-3-4-6-17(14)18/h3-9,11H,10,12H2,1-2H3,(H,22,23,25). The molecule has 1 aromatic heterocycles. The van der Waals surface area contributed by atoms with Crippen molar-refractivity contribution >= 4 is 17.6 Å². The zero-order valence-electron chi connectivity index (χ0n) is 15.2. The van der Waals surface area contributed by atoms with Crippen LogP contribution in [-0.4, -0.2) is 35.5 Å². The molecule has 0 aliphatic heterocycles. The Kier molecular flexibility index (Phi) is 4.24. The lowest BCUT2D eigenvalue weighted by atomic mass is 10.0. The minimum Gasteiger partial charge on any atom is -0.360 e. The van der Waals surface area contributed by atoms with Gasteiger partial charge in [-0.15, -0.1) is 0 Å². The zero-order valence-corrected chi connectivity index (χ0v) is 15.2. The van der Waals surface area contributed by atoms with Crippen molar-refractivity contribution < 1.29 is 14.1 Å². The van der Waals surface area contributed by atoms with E-state index in [0.29, 0.717) is 17.1 Å². The molecule has 0 saturated heterocycles. The van der Waals surface area contributed by atoms with Crippen molar-refractivity contribution in [2.24, 2.45) is 0 Å². The summed E-state index contributed by atoms with van der Waals surface area (Å²) in [5, 5.41) is 6.33. The summed E-state index contributed by atoms with van der Waals surface area (Å²) in [6, 6.07) is 15.6. The summed E-state index contributed by atoms with van der Waals surface area (Å²) in [5.74, 6) is 0.426. The van der Waals surface area contributed by atoms with Crippen molar-refractivity contribution in [3.8, 4) is 11.1 Å². The smallest absolute Gasteiger partial charge is 0.254 e. The summed E-state index contributed by atoms with van der Waals surface area (Å²) in [6.07, 6.45) is 0.822. The second kappa shape index (κ2) is 6.72. The Labute approximate surface area is 156 Å². The second-order valence-corrected chi connectivity index (χ2v) is 6.74. The molecule has 6 heteroatoms. The first-order valence-electron chi connectivity index (χ1n) is 8.71. The fourth-order valence-electron chi connectivity index (χ4n) is 3.39. The molecule has 0 unspecified atom stereocenters. The first-order valence-corrected chi connectivity index (χ1v) is 8.71. The molecule has 0 fully saturated rings. The van der Waals surface area contributed by atoms with Gasteiger partial charge in [-0.25, -0.2) is 0 Å². The monoisotopic (exact) mass is 361 g/mol. The Morgan fingerprint density at radius 3 is 2.67 bits per heavy atom. The van der Waals surface area contributed by atoms with Crippen LogP contribution in [0.15, 0.2) is 53.1 Å². The van der Waals surface area contributed by atoms with Gasteiger partial charge in [-0.3, -0.25) is 9.59 Å². The van der Waals surface area contributed by atoms with E-state index in [9.17, 15) is 9.59 Å². The predicted octanol–water partition coefficient (Wildman–Crippen LogP) is 3.26. The number of nitrogens with zero attached hydrogens (tertiary/aromatic N) is 2. The lowest BCUT2D eigenvalue weighted by Gasteiger charge is -2.17. The molecule has 1 N–H and O–H groups in total. The highest BCUT2D eigenvalue weighted by Gasteiger charge is 2.21. The van der Waals surface area contributed by atoms with Gasteiger partial charge in [0.15, 0.2) is 5.82 Å². The molecule has 136 valence electrons. The molecule has 0 atom stereocenters. The van der Waals surface area contributed by atoms with E-state index in [-0.39, 0.29) is 18.4 Å². The highest BCUT2D eigenvalue weighted by Crippen LogP contribution is 2.36. The van der Waals surface area contributed by atoms with Gasteiger partial charge in [0.25, 0.3) is 5.91 Å². The summed E-state index contributed by atoms with van der Waals surface area (Å²) >= 11 is 0. The molecule has 4 rings (SSSR count). The summed E-state index contributed by atoms with van der Waals surface area (Å²) in [7, 11) is 1.61. The number of aromatic nitrogens is 1. The molecule has 0 radical (unpaired) electrons. The molecule has 2 aromatic carbocycles. The highest BCUT2D eigenvalue weighted by atomic mass is 16.5. The molecule has 0 bridgehead atoms. The SMILES string of the molecule is Cc1cc(NC(=O)CN(C)C(=O)c2ccc3c(c2)Cc2ccccc2-3)no1. The Morgan fingerprint density at radius 1 is 1.11 bits per heavy atom. The molecule has 6 nitrogen and oxygen atoms in total. The van der Waals surface area contributed by atoms with Gasteiger partial charge in [-0.1, -0.05) is 35.5 Å². The van der Waals surface area contributed by atoms with Crippen LogP contribution in [0.25, 0.3) is 11.1 Å². The van der Waals surface area contributed by atoms with Gasteiger partial charge in [-0.05, 0) is 47.7 Å². The number of likely N-dealkylation sites (N-methyl/N-ethyl adjacent to an activating group) is 1. The van der Waals surface area contributed by atoms with E-state index in [1.165, 1.54) is 21.6 Å². The number of nitrogens with one attached hydrogen (secondary N) is 1. The Hall–Kier alpha value is -3.41. The quantitative estimate of drug-likeness (QED) is 0.605. The maximum Gasteiger partial charge on any atom is 0.254 e. The van der Waals surface area contributed by atoms with Crippen LogP contribution in [0.2, 0.25) is 0 Å². The predicted molar refractivity (Wildman–Crippen MR) is 102 cm³/mol. The molecule has 0 spiro atoms. The number of hydrogen-bond acceptors (Lipinski definition) is 4. The third-order valence-electron chi connectivity index (χ3n) is 4.66. The van der Waals surface area contributed by atoms with Crippen molar-refractivity contribution in [2.75, 3.05) is 18.9 Å². The molecule has 0 saturated carbocycles. The van der Waals surface area contributed by atoms with Gasteiger partial charge >= 0.3 is 0 Å². The number of carbonyl (C=O) groups excluding carboxylic acids is 2. The van der Waals surface area contributed by atoms with Crippen LogP contribution >= 0.6 is 0 Å². The molecule has 3 aromatic rings. The topological polar surface area (TPSA) is 75.4 Å². The second-order valence-electron chi connectivity index (χ2n) is 6.74. The van der Waals surface area contributed by atoms with Gasteiger partial charge in [0.1, 0.15) is 5.76 Å². The molecular weight excluding hydrogens is 342 g/mol. The molecular formula is C21H19N3O3. The Balaban J connectivity index is 1.45. The summed E-state index contributed by atoms with van der Waals surface area (Å²) < 4.78 is 4.91. The number of hydrogen-bond donors (Lipinski definition) is 1. The summed E-state index contributed by atoms with van der Waals surface area (Å²) in [6.45, 7) is 1.67. The number of anilines is 1. The summed E-state index contributed by atoms with van der Waals surface area (Å²) in [4.78, 5) is 26.2. The van der Waals surface area contributed by atoms with Crippen LogP contribution in [0.3, 0.4) is 0 Å². The molecule has 1 heterocycles. The fourth-order valence-corrected chi connectivity index (χ4v) is 3.39. The van der Waals surface area contributed by atoms with Crippen LogP contribution in [-0.2, 0) is 11.2 Å². The van der Waals surface area contributed by atoms with E-state index in [0.717, 1.165) is 12.0 Å². The van der Waals surface area contributed by atoms with Gasteiger partial charge < -0.3 is 14.7 Å². The first kappa shape index (κ1) is 17.0. The molecule has 2 amide bonds. The first-order chi connectivity index (χ1) is 13.0. The molecule has 1 aliphatic rings. The zero-order chi connectivity index (χ0) is 19.0. The third kappa shape index (κ3) is 3.33. The highest BCUT2D eigenvalue weighted by molar-refractivity contribution is 5.99. The largest absolute Gasteiger partial charge is 0.360 e. The van der Waals surface area contributed by atoms with Crippen LogP contribution < -0.4 is 5.32 Å². The minimum atomic E-state index is -0.326. The Bertz CT molecular complexity index is 1040. The average molecular weight is 361 g/mol. The Morgan fingerprint density at radius 2 is 1.89 bits per heavy atom. The van der Waals surface area contributed by atoms with Crippen molar-refractivity contribution in [2.45, 2.75) is 13.3 Å². The van der Waals surface area contributed by atoms with Crippen LogP contribution in [0, 0.1) is 6.92 Å². The van der Waals surface area contributed by atoms with Crippen molar-refractivity contribution in [3.05, 3.63) is 71.0 Å². The number of aryl methyl sites for hydroxylation is 1. The lowest BCUT2D eigenvalue weighted by Crippen LogP contribution is -2.35. The normalized spacial score (nSPS) is 11.6. The lowest BCUT2D eigenvalue weighted by molar-refractivity contribution is -0.116. The minimum absolute atomic E-state index is 0.0674. The van der Waals surface area contributed by atoms with Crippen molar-refractivity contribution in [1.82, 2.24) is 10.1 Å². The van der Waals surface area contributed by atoms with E-state index in [2.05, 4.69) is 22.6 Å². The van der Waals surface area contributed by atoms with Crippen LogP contribution in [0.5, 0.6) is 0 Å². The average Bonchev–Trinajstić information content (AvgIpc) is 3.23. The van der Waals surface area contributed by atoms with Gasteiger partial charge in [0.2, 0.25) is 5.91 Å². The van der Waals surface area contributed by atoms with Crippen LogP contribution in [0.1, 0.15) is 27.2 Å². The third-order valence-corrected chi connectivity index (χ3v) is 4.66. The summed E-state index contributed by atoms with van der Waals surface area (Å²) in [5.41, 5.74) is 5.38. The fraction of sp³-hybridized carbons (Fsp3) is 0.190. The number of fused-ring (bicyclic) bond motifs is 3. The maximum absolute atomic E-state index is 12.7. The van der Waals surface area contributed by atoms with E-state index >= 15 is 0 Å². The van der Waals surface area contributed by atoms with Crippen LogP contribution in [0.4, 0.5) is 5.82 Å². The van der Waals surface area contributed by atoms with E-state index in [1.54, 1.807) is 20.0 Å². The van der Waals surface area contributed by atoms with E-state index in [4.69, 9.17) is 4.52 Å². The molecule has 1 aliphatic carbocycles. The van der Waals surface area contributed by atoms with Gasteiger partial charge in [0, 0.05) is 18.7 Å².